The molecule has 0 spiro atoms. The summed E-state index contributed by atoms with van der Waals surface area (Å²) in [5, 5.41) is 15.4. The van der Waals surface area contributed by atoms with Crippen LogP contribution in [-0.2, 0) is 6.54 Å². The van der Waals surface area contributed by atoms with Crippen LogP contribution in [0.1, 0.15) is 60.3 Å². The molecule has 0 aliphatic carbocycles. The van der Waals surface area contributed by atoms with Crippen molar-refractivity contribution in [3.63, 3.8) is 0 Å². The van der Waals surface area contributed by atoms with Gasteiger partial charge in [0.2, 0.25) is 5.88 Å². The van der Waals surface area contributed by atoms with Gasteiger partial charge in [-0.25, -0.2) is 13.2 Å². The van der Waals surface area contributed by atoms with Crippen LogP contribution in [0.15, 0.2) is 47.5 Å². The van der Waals surface area contributed by atoms with E-state index in [1.165, 1.54) is 11.1 Å². The van der Waals surface area contributed by atoms with Gasteiger partial charge in [0.25, 0.3) is 11.5 Å². The van der Waals surface area contributed by atoms with E-state index in [0.29, 0.717) is 13.0 Å². The number of benzene rings is 1. The van der Waals surface area contributed by atoms with E-state index in [1.54, 1.807) is 23.9 Å². The fraction of sp³-hybridized carbons (Fsp3) is 0.321. The molecule has 2 atom stereocenters. The molecule has 1 saturated heterocycles. The first-order chi connectivity index (χ1) is 19.6. The molecule has 1 amide bonds. The fourth-order valence-corrected chi connectivity index (χ4v) is 5.37. The molecule has 41 heavy (non-hydrogen) atoms. The summed E-state index contributed by atoms with van der Waals surface area (Å²) < 4.78 is 45.7. The third-order valence-electron chi connectivity index (χ3n) is 7.17. The molecule has 0 saturated carbocycles. The number of rotatable bonds is 7. The number of halogens is 4. The van der Waals surface area contributed by atoms with Gasteiger partial charge in [-0.05, 0) is 49.6 Å². The summed E-state index contributed by atoms with van der Waals surface area (Å²) in [7, 11) is 0. The second-order valence-electron chi connectivity index (χ2n) is 9.75. The van der Waals surface area contributed by atoms with Crippen molar-refractivity contribution in [2.45, 2.75) is 45.2 Å². The first-order valence-electron chi connectivity index (χ1n) is 13.1. The summed E-state index contributed by atoms with van der Waals surface area (Å²) in [6.45, 7) is 4.29. The lowest BCUT2D eigenvalue weighted by Gasteiger charge is -2.24. The summed E-state index contributed by atoms with van der Waals surface area (Å²) in [6, 6.07) is 4.69. The minimum atomic E-state index is -0.951. The van der Waals surface area contributed by atoms with Gasteiger partial charge < -0.3 is 10.0 Å². The van der Waals surface area contributed by atoms with Crippen molar-refractivity contribution in [1.82, 2.24) is 29.2 Å². The average molecular weight is 587 g/mol. The smallest absolute Gasteiger partial charge is 0.271 e. The molecular formula is C28H26ClF3N6O3. The highest BCUT2D eigenvalue weighted by Crippen LogP contribution is 2.32. The molecule has 4 aromatic rings. The van der Waals surface area contributed by atoms with E-state index in [-0.39, 0.29) is 47.3 Å². The molecule has 0 bridgehead atoms. The van der Waals surface area contributed by atoms with Gasteiger partial charge in [-0.2, -0.15) is 10.1 Å². The number of nitrogens with zero attached hydrogens (tertiary/aromatic N) is 6. The molecule has 9 nitrogen and oxygen atoms in total. The Hall–Kier alpha value is -4.19. The maximum Gasteiger partial charge on any atom is 0.271 e. The average Bonchev–Trinajstić information content (AvgIpc) is 3.60. The molecule has 1 aliphatic heterocycles. The van der Waals surface area contributed by atoms with Crippen LogP contribution in [0.4, 0.5) is 13.2 Å². The van der Waals surface area contributed by atoms with E-state index in [1.807, 2.05) is 6.92 Å². The highest BCUT2D eigenvalue weighted by Gasteiger charge is 2.35. The van der Waals surface area contributed by atoms with Crippen molar-refractivity contribution in [3.05, 3.63) is 92.4 Å². The number of likely N-dealkylation sites (tertiary alicyclic amines) is 1. The number of amides is 1. The number of hydrogen-bond acceptors (Lipinski definition) is 6. The molecule has 0 radical (unpaired) electrons. The van der Waals surface area contributed by atoms with Crippen LogP contribution in [0, 0.1) is 17.5 Å². The molecule has 1 fully saturated rings. The summed E-state index contributed by atoms with van der Waals surface area (Å²) in [6.07, 6.45) is 3.53. The van der Waals surface area contributed by atoms with Gasteiger partial charge in [0.1, 0.15) is 23.1 Å². The third-order valence-corrected chi connectivity index (χ3v) is 7.38. The lowest BCUT2D eigenvalue weighted by molar-refractivity contribution is 0.0783. The second-order valence-corrected chi connectivity index (χ2v) is 10.2. The van der Waals surface area contributed by atoms with E-state index < -0.39 is 52.3 Å². The monoisotopic (exact) mass is 586 g/mol. The van der Waals surface area contributed by atoms with E-state index >= 15 is 0 Å². The van der Waals surface area contributed by atoms with Gasteiger partial charge in [0.15, 0.2) is 11.4 Å². The lowest BCUT2D eigenvalue weighted by atomic mass is 10.0. The van der Waals surface area contributed by atoms with Gasteiger partial charge in [0, 0.05) is 44.0 Å². The fourth-order valence-electron chi connectivity index (χ4n) is 5.22. The molecule has 1 aromatic carbocycles. The number of carbonyl (C=O) groups is 1. The molecule has 5 rings (SSSR count). The molecule has 3 aromatic heterocycles. The first kappa shape index (κ1) is 28.3. The summed E-state index contributed by atoms with van der Waals surface area (Å²) in [4.78, 5) is 37.3. The van der Waals surface area contributed by atoms with Gasteiger partial charge >= 0.3 is 0 Å². The van der Waals surface area contributed by atoms with E-state index in [0.717, 1.165) is 28.8 Å². The zero-order valence-corrected chi connectivity index (χ0v) is 22.9. The Bertz CT molecular complexity index is 1670. The second kappa shape index (κ2) is 11.4. The predicted octanol–water partition coefficient (Wildman–Crippen LogP) is 4.93. The van der Waals surface area contributed by atoms with Crippen LogP contribution < -0.4 is 5.56 Å². The standard InChI is InChI=1S/C28H26ClF3N6O3/c1-3-22(16-9-18(30)12-19(31)10-16)38-25(21-6-8-37(4-2)35-21)34-26(39)23(28(38)41)27(40)36-7-5-15(14-36)24-20(32)11-17(29)13-33-24/h6,8-13,15,22,39H,3-5,7,14H2,1-2H3/t15?,22-/m0/s1. The minimum Gasteiger partial charge on any atom is -0.493 e. The predicted molar refractivity (Wildman–Crippen MR) is 144 cm³/mol. The van der Waals surface area contributed by atoms with Crippen LogP contribution in [0.3, 0.4) is 0 Å². The van der Waals surface area contributed by atoms with Gasteiger partial charge in [-0.1, -0.05) is 18.5 Å². The molecule has 1 unspecified atom stereocenters. The van der Waals surface area contributed by atoms with Crippen molar-refractivity contribution in [3.8, 4) is 17.4 Å². The topological polar surface area (TPSA) is 106 Å². The molecule has 214 valence electrons. The zero-order valence-electron chi connectivity index (χ0n) is 22.2. The Morgan fingerprint density at radius 3 is 2.54 bits per heavy atom. The Morgan fingerprint density at radius 1 is 1.17 bits per heavy atom. The zero-order chi connectivity index (χ0) is 29.4. The largest absolute Gasteiger partial charge is 0.493 e. The van der Waals surface area contributed by atoms with Crippen molar-refractivity contribution in [2.24, 2.45) is 0 Å². The van der Waals surface area contributed by atoms with Crippen molar-refractivity contribution in [1.29, 1.82) is 0 Å². The third kappa shape index (κ3) is 5.43. The van der Waals surface area contributed by atoms with Crippen molar-refractivity contribution < 1.29 is 23.1 Å². The molecule has 1 aliphatic rings. The maximum atomic E-state index is 14.5. The Morgan fingerprint density at radius 2 is 1.90 bits per heavy atom. The van der Waals surface area contributed by atoms with Crippen LogP contribution >= 0.6 is 11.6 Å². The van der Waals surface area contributed by atoms with E-state index in [2.05, 4.69) is 15.1 Å². The SMILES string of the molecule is CC[C@@H](c1cc(F)cc(F)c1)n1c(-c2ccn(CC)n2)nc(O)c(C(=O)N2CCC(c3ncc(Cl)cc3F)C2)c1=O. The highest BCUT2D eigenvalue weighted by atomic mass is 35.5. The van der Waals surface area contributed by atoms with Crippen LogP contribution in [0.5, 0.6) is 5.88 Å². The number of pyridine rings is 1. The summed E-state index contributed by atoms with van der Waals surface area (Å²) >= 11 is 5.81. The molecule has 4 heterocycles. The van der Waals surface area contributed by atoms with Crippen LogP contribution in [0.2, 0.25) is 5.02 Å². The first-order valence-corrected chi connectivity index (χ1v) is 13.4. The molecule has 13 heteroatoms. The van der Waals surface area contributed by atoms with Crippen LogP contribution in [-0.4, -0.2) is 53.3 Å². The van der Waals surface area contributed by atoms with E-state index in [9.17, 15) is 27.9 Å². The number of hydrogen-bond donors (Lipinski definition) is 1. The van der Waals surface area contributed by atoms with Crippen molar-refractivity contribution >= 4 is 17.5 Å². The lowest BCUT2D eigenvalue weighted by Crippen LogP contribution is -2.38. The van der Waals surface area contributed by atoms with Gasteiger partial charge in [0.05, 0.1) is 16.8 Å². The minimum absolute atomic E-state index is 0.0399. The molecular weight excluding hydrogens is 561 g/mol. The van der Waals surface area contributed by atoms with Crippen LogP contribution in [0.25, 0.3) is 11.5 Å². The maximum absolute atomic E-state index is 14.5. The Kier molecular flexibility index (Phi) is 7.85. The molecule has 1 N–H and O–H groups in total. The quantitative estimate of drug-likeness (QED) is 0.329. The Labute approximate surface area is 237 Å². The van der Waals surface area contributed by atoms with Crippen molar-refractivity contribution in [2.75, 3.05) is 13.1 Å². The van der Waals surface area contributed by atoms with Gasteiger partial charge in [-0.15, -0.1) is 0 Å². The van der Waals surface area contributed by atoms with E-state index in [4.69, 9.17) is 11.6 Å². The number of carbonyl (C=O) groups excluding carboxylic acids is 1. The summed E-state index contributed by atoms with van der Waals surface area (Å²) in [5.74, 6) is -4.42. The Balaban J connectivity index is 1.60. The number of aromatic nitrogens is 5. The number of aromatic hydroxyl groups is 1. The van der Waals surface area contributed by atoms with Gasteiger partial charge in [-0.3, -0.25) is 23.8 Å². The normalized spacial score (nSPS) is 15.9. The summed E-state index contributed by atoms with van der Waals surface area (Å²) in [5.41, 5.74) is -1.01. The highest BCUT2D eigenvalue weighted by molar-refractivity contribution is 6.30. The number of aryl methyl sites for hydroxylation is 1.